The monoisotopic (exact) mass is 760 g/mol. The van der Waals surface area contributed by atoms with Crippen LogP contribution in [0.15, 0.2) is 243 Å². The second-order valence-corrected chi connectivity index (χ2v) is 14.9. The summed E-state index contributed by atoms with van der Waals surface area (Å²) >= 11 is 0. The minimum absolute atomic E-state index is 0.992. The molecule has 0 aliphatic rings. The normalized spacial score (nSPS) is 11.0. The summed E-state index contributed by atoms with van der Waals surface area (Å²) in [7, 11) is 0. The van der Waals surface area contributed by atoms with Gasteiger partial charge >= 0.3 is 0 Å². The molecule has 2 radical (unpaired) electrons. The van der Waals surface area contributed by atoms with Gasteiger partial charge in [-0.25, -0.2) is 0 Å². The first-order chi connectivity index (χ1) is 29.8. The highest BCUT2D eigenvalue weighted by atomic mass is 14.3. The Kier molecular flexibility index (Phi) is 10.1. The van der Waals surface area contributed by atoms with Crippen LogP contribution in [0.1, 0.15) is 0 Å². The Hall–Kier alpha value is -7.80. The summed E-state index contributed by atoms with van der Waals surface area (Å²) in [5.74, 6) is 0. The van der Waals surface area contributed by atoms with E-state index in [9.17, 15) is 0 Å². The van der Waals surface area contributed by atoms with Crippen molar-refractivity contribution in [3.63, 3.8) is 0 Å². The van der Waals surface area contributed by atoms with Gasteiger partial charge in [0.2, 0.25) is 0 Å². The SMILES string of the molecule is [c]1[c]c(-c2c(-c3ccccc3)c(-c3ccccc3)c(-c3ccccc3)c(-c3ccccc3)c2-c2ccccc2)c(-c2ccccc2)c(-c2ccccc2)c1-c1ccccc1. The third-order valence-electron chi connectivity index (χ3n) is 11.3. The van der Waals surface area contributed by atoms with Crippen molar-refractivity contribution in [3.8, 4) is 100 Å². The average molecular weight is 761 g/mol. The first-order valence-corrected chi connectivity index (χ1v) is 20.5. The molecule has 60 heavy (non-hydrogen) atoms. The molecule has 0 amide bonds. The Bertz CT molecular complexity index is 2890. The molecule has 0 aromatic heterocycles. The van der Waals surface area contributed by atoms with Crippen molar-refractivity contribution >= 4 is 0 Å². The molecule has 0 aliphatic heterocycles. The third-order valence-corrected chi connectivity index (χ3v) is 11.3. The molecule has 0 saturated heterocycles. The molecule has 0 heterocycles. The van der Waals surface area contributed by atoms with Crippen LogP contribution >= 0.6 is 0 Å². The molecule has 0 fully saturated rings. The highest BCUT2D eigenvalue weighted by Crippen LogP contribution is 2.58. The fourth-order valence-corrected chi connectivity index (χ4v) is 8.76. The second kappa shape index (κ2) is 16.6. The molecule has 280 valence electrons. The Balaban J connectivity index is 1.52. The summed E-state index contributed by atoms with van der Waals surface area (Å²) in [5, 5.41) is 0. The molecule has 0 atom stereocenters. The van der Waals surface area contributed by atoms with E-state index in [1.54, 1.807) is 0 Å². The van der Waals surface area contributed by atoms with E-state index >= 15 is 0 Å². The minimum atomic E-state index is 0.992. The van der Waals surface area contributed by atoms with E-state index in [1.165, 1.54) is 16.7 Å². The van der Waals surface area contributed by atoms with Gasteiger partial charge in [0.15, 0.2) is 0 Å². The van der Waals surface area contributed by atoms with Crippen molar-refractivity contribution in [2.75, 3.05) is 0 Å². The summed E-state index contributed by atoms with van der Waals surface area (Å²) in [4.78, 5) is 0. The lowest BCUT2D eigenvalue weighted by Crippen LogP contribution is -2.04. The van der Waals surface area contributed by atoms with E-state index in [-0.39, 0.29) is 0 Å². The van der Waals surface area contributed by atoms with Gasteiger partial charge in [0.1, 0.15) is 0 Å². The van der Waals surface area contributed by atoms with E-state index < -0.39 is 0 Å². The standard InChI is InChI=1S/C60H40/c1-9-25-43(26-10-1)51-41-42-52(54(45-29-13-3-14-30-45)53(51)44-27-11-2-12-28-44)60-58(49-37-21-7-22-38-49)56(47-33-17-5-18-34-47)55(46-31-15-4-16-32-46)57(48-35-19-6-20-36-48)59(60)50-39-23-8-24-40-50/h1-40H. The van der Waals surface area contributed by atoms with Gasteiger partial charge in [-0.2, -0.15) is 0 Å². The van der Waals surface area contributed by atoms with E-state index in [2.05, 4.69) is 255 Å². The van der Waals surface area contributed by atoms with Crippen LogP contribution in [0.4, 0.5) is 0 Å². The predicted octanol–water partition coefficient (Wildman–Crippen LogP) is 16.3. The number of hydrogen-bond acceptors (Lipinski definition) is 0. The molecule has 0 spiro atoms. The highest BCUT2D eigenvalue weighted by molar-refractivity contribution is 6.17. The summed E-state index contributed by atoms with van der Waals surface area (Å²) in [6.07, 6.45) is 0. The molecule has 0 nitrogen and oxygen atoms in total. The summed E-state index contributed by atoms with van der Waals surface area (Å²) < 4.78 is 0. The quantitative estimate of drug-likeness (QED) is 0.137. The van der Waals surface area contributed by atoms with E-state index in [1.807, 2.05) is 0 Å². The van der Waals surface area contributed by atoms with Crippen LogP contribution < -0.4 is 0 Å². The average Bonchev–Trinajstić information content (AvgIpc) is 3.35. The van der Waals surface area contributed by atoms with Crippen LogP contribution in [-0.2, 0) is 0 Å². The molecule has 0 N–H and O–H groups in total. The first kappa shape index (κ1) is 36.5. The lowest BCUT2D eigenvalue weighted by Gasteiger charge is -2.30. The molecular formula is C60H40. The Labute approximate surface area is 353 Å². The third kappa shape index (κ3) is 6.85. The zero-order chi connectivity index (χ0) is 40.1. The van der Waals surface area contributed by atoms with Crippen LogP contribution in [0.2, 0.25) is 0 Å². The Morgan fingerprint density at radius 1 is 0.150 bits per heavy atom. The second-order valence-electron chi connectivity index (χ2n) is 14.9. The summed E-state index contributed by atoms with van der Waals surface area (Å²) in [5.41, 5.74) is 20.2. The molecule has 10 rings (SSSR count). The van der Waals surface area contributed by atoms with Gasteiger partial charge in [-0.15, -0.1) is 0 Å². The molecule has 10 aromatic carbocycles. The summed E-state index contributed by atoms with van der Waals surface area (Å²) in [6, 6.07) is 94.8. The molecule has 0 aliphatic carbocycles. The van der Waals surface area contributed by atoms with Crippen molar-refractivity contribution < 1.29 is 0 Å². The maximum atomic E-state index is 3.94. The number of hydrogen-bond donors (Lipinski definition) is 0. The van der Waals surface area contributed by atoms with E-state index in [0.29, 0.717) is 0 Å². The van der Waals surface area contributed by atoms with Crippen molar-refractivity contribution in [3.05, 3.63) is 255 Å². The molecule has 0 heteroatoms. The number of rotatable bonds is 9. The molecule has 0 bridgehead atoms. The van der Waals surface area contributed by atoms with Gasteiger partial charge in [0, 0.05) is 0 Å². The lowest BCUT2D eigenvalue weighted by atomic mass is 9.72. The maximum absolute atomic E-state index is 3.94. The maximum Gasteiger partial charge on any atom is -0.00000153 e. The van der Waals surface area contributed by atoms with Crippen LogP contribution in [0.25, 0.3) is 100 Å². The van der Waals surface area contributed by atoms with Crippen molar-refractivity contribution in [2.45, 2.75) is 0 Å². The Morgan fingerprint density at radius 3 is 0.600 bits per heavy atom. The van der Waals surface area contributed by atoms with Gasteiger partial charge in [-0.1, -0.05) is 243 Å². The predicted molar refractivity (Wildman–Crippen MR) is 253 cm³/mol. The van der Waals surface area contributed by atoms with Gasteiger partial charge in [-0.05, 0) is 112 Å². The van der Waals surface area contributed by atoms with Gasteiger partial charge < -0.3 is 0 Å². The number of benzene rings is 10. The van der Waals surface area contributed by atoms with Gasteiger partial charge in [0.25, 0.3) is 0 Å². The van der Waals surface area contributed by atoms with Crippen molar-refractivity contribution in [1.82, 2.24) is 0 Å². The zero-order valence-corrected chi connectivity index (χ0v) is 33.1. The largest absolute Gasteiger partial charge is 0.0622 e. The van der Waals surface area contributed by atoms with Gasteiger partial charge in [-0.3, -0.25) is 0 Å². The summed E-state index contributed by atoms with van der Waals surface area (Å²) in [6.45, 7) is 0. The molecular weight excluding hydrogens is 721 g/mol. The Morgan fingerprint density at radius 2 is 0.333 bits per heavy atom. The fourth-order valence-electron chi connectivity index (χ4n) is 8.76. The van der Waals surface area contributed by atoms with Crippen LogP contribution in [-0.4, -0.2) is 0 Å². The zero-order valence-electron chi connectivity index (χ0n) is 33.1. The van der Waals surface area contributed by atoms with Crippen LogP contribution in [0.3, 0.4) is 0 Å². The topological polar surface area (TPSA) is 0 Å². The molecule has 10 aromatic rings. The van der Waals surface area contributed by atoms with Crippen molar-refractivity contribution in [1.29, 1.82) is 0 Å². The molecule has 0 saturated carbocycles. The molecule has 0 unspecified atom stereocenters. The fraction of sp³-hybridized carbons (Fsp3) is 0. The van der Waals surface area contributed by atoms with Crippen LogP contribution in [0.5, 0.6) is 0 Å². The van der Waals surface area contributed by atoms with Crippen LogP contribution in [0, 0.1) is 12.1 Å². The van der Waals surface area contributed by atoms with E-state index in [4.69, 9.17) is 0 Å². The smallest absolute Gasteiger partial charge is 0.00000153 e. The highest BCUT2D eigenvalue weighted by Gasteiger charge is 2.31. The minimum Gasteiger partial charge on any atom is -0.0622 e. The first-order valence-electron chi connectivity index (χ1n) is 20.5. The lowest BCUT2D eigenvalue weighted by molar-refractivity contribution is 1.50. The van der Waals surface area contributed by atoms with E-state index in [0.717, 1.165) is 83.5 Å². The van der Waals surface area contributed by atoms with Gasteiger partial charge in [0.05, 0.1) is 0 Å². The van der Waals surface area contributed by atoms with Crippen molar-refractivity contribution in [2.24, 2.45) is 0 Å².